The first-order chi connectivity index (χ1) is 9.44. The van der Waals surface area contributed by atoms with E-state index in [2.05, 4.69) is 31.0 Å². The molecule has 1 aliphatic heterocycles. The zero-order valence-corrected chi connectivity index (χ0v) is 13.9. The monoisotopic (exact) mass is 284 g/mol. The number of ether oxygens (including phenoxy) is 1. The summed E-state index contributed by atoms with van der Waals surface area (Å²) in [5.74, 6) is -0.126. The van der Waals surface area contributed by atoms with Crippen LogP contribution in [0.5, 0.6) is 0 Å². The normalized spacial score (nSPS) is 27.1. The van der Waals surface area contributed by atoms with Gasteiger partial charge >= 0.3 is 5.97 Å². The molecule has 1 rings (SSSR count). The number of hydrogen-bond acceptors (Lipinski definition) is 4. The molecule has 0 aliphatic carbocycles. The first-order valence-electron chi connectivity index (χ1n) is 8.12. The summed E-state index contributed by atoms with van der Waals surface area (Å²) in [4.78, 5) is 14.8. The molecule has 1 N–H and O–H groups in total. The Labute approximate surface area is 124 Å². The first-order valence-corrected chi connectivity index (χ1v) is 8.12. The second-order valence-electron chi connectivity index (χ2n) is 6.28. The summed E-state index contributed by atoms with van der Waals surface area (Å²) in [6.45, 7) is 12.5. The van der Waals surface area contributed by atoms with Gasteiger partial charge < -0.3 is 10.1 Å². The maximum atomic E-state index is 12.3. The van der Waals surface area contributed by atoms with Crippen LogP contribution in [-0.2, 0) is 9.53 Å². The molecule has 1 heterocycles. The zero-order chi connectivity index (χ0) is 15.2. The number of likely N-dealkylation sites (tertiary alicyclic amines) is 1. The van der Waals surface area contributed by atoms with E-state index in [1.807, 2.05) is 13.8 Å². The van der Waals surface area contributed by atoms with E-state index in [9.17, 15) is 4.79 Å². The van der Waals surface area contributed by atoms with Gasteiger partial charge in [0.05, 0.1) is 6.61 Å². The van der Waals surface area contributed by atoms with Gasteiger partial charge in [-0.3, -0.25) is 9.69 Å². The summed E-state index contributed by atoms with van der Waals surface area (Å²) < 4.78 is 5.29. The SMILES string of the molecule is CCCNC(C)(CN1[C@H](C)CCC[C@@H]1C)C(=O)OCC. The Hall–Kier alpha value is -0.610. The average Bonchev–Trinajstić information content (AvgIpc) is 2.41. The fraction of sp³-hybridized carbons (Fsp3) is 0.938. The molecule has 1 fully saturated rings. The van der Waals surface area contributed by atoms with Crippen molar-refractivity contribution in [3.8, 4) is 0 Å². The lowest BCUT2D eigenvalue weighted by molar-refractivity contribution is -0.152. The quantitative estimate of drug-likeness (QED) is 0.730. The van der Waals surface area contributed by atoms with Crippen molar-refractivity contribution >= 4 is 5.97 Å². The topological polar surface area (TPSA) is 41.6 Å². The summed E-state index contributed by atoms with van der Waals surface area (Å²) in [7, 11) is 0. The Balaban J connectivity index is 2.79. The van der Waals surface area contributed by atoms with Crippen molar-refractivity contribution in [1.29, 1.82) is 0 Å². The van der Waals surface area contributed by atoms with Crippen LogP contribution >= 0.6 is 0 Å². The van der Waals surface area contributed by atoms with Gasteiger partial charge in [0, 0.05) is 18.6 Å². The first kappa shape index (κ1) is 17.4. The van der Waals surface area contributed by atoms with Gasteiger partial charge in [-0.2, -0.15) is 0 Å². The molecular weight excluding hydrogens is 252 g/mol. The van der Waals surface area contributed by atoms with Crippen molar-refractivity contribution in [3.63, 3.8) is 0 Å². The van der Waals surface area contributed by atoms with Crippen molar-refractivity contribution in [2.45, 2.75) is 77.9 Å². The highest BCUT2D eigenvalue weighted by Gasteiger charge is 2.39. The number of carbonyl (C=O) groups is 1. The number of piperidine rings is 1. The third-order valence-corrected chi connectivity index (χ3v) is 4.37. The van der Waals surface area contributed by atoms with Crippen LogP contribution in [0.1, 0.15) is 60.3 Å². The fourth-order valence-electron chi connectivity index (χ4n) is 3.04. The summed E-state index contributed by atoms with van der Waals surface area (Å²) in [6.07, 6.45) is 4.74. The van der Waals surface area contributed by atoms with Crippen LogP contribution in [-0.4, -0.2) is 48.2 Å². The molecule has 0 radical (unpaired) electrons. The highest BCUT2D eigenvalue weighted by Crippen LogP contribution is 2.25. The molecule has 0 bridgehead atoms. The van der Waals surface area contributed by atoms with Crippen LogP contribution in [0.3, 0.4) is 0 Å². The smallest absolute Gasteiger partial charge is 0.327 e. The lowest BCUT2D eigenvalue weighted by Gasteiger charge is -2.43. The van der Waals surface area contributed by atoms with Crippen LogP contribution in [0.25, 0.3) is 0 Å². The molecule has 0 saturated carbocycles. The molecular formula is C16H32N2O2. The minimum absolute atomic E-state index is 0.126. The van der Waals surface area contributed by atoms with Gasteiger partial charge in [0.25, 0.3) is 0 Å². The third kappa shape index (κ3) is 4.45. The number of carbonyl (C=O) groups excluding carboxylic acids is 1. The van der Waals surface area contributed by atoms with Crippen LogP contribution in [0.4, 0.5) is 0 Å². The van der Waals surface area contributed by atoms with Crippen molar-refractivity contribution in [3.05, 3.63) is 0 Å². The Bertz CT molecular complexity index is 299. The highest BCUT2D eigenvalue weighted by molar-refractivity contribution is 5.80. The molecule has 4 nitrogen and oxygen atoms in total. The van der Waals surface area contributed by atoms with Gasteiger partial charge in [-0.1, -0.05) is 13.3 Å². The molecule has 4 heteroatoms. The predicted molar refractivity (Wildman–Crippen MR) is 82.8 cm³/mol. The van der Waals surface area contributed by atoms with Gasteiger partial charge in [0.15, 0.2) is 0 Å². The molecule has 1 aliphatic rings. The van der Waals surface area contributed by atoms with Crippen LogP contribution in [0, 0.1) is 0 Å². The van der Waals surface area contributed by atoms with Crippen molar-refractivity contribution < 1.29 is 9.53 Å². The Morgan fingerprint density at radius 1 is 1.30 bits per heavy atom. The van der Waals surface area contributed by atoms with Crippen molar-refractivity contribution in [1.82, 2.24) is 10.2 Å². The number of esters is 1. The zero-order valence-electron chi connectivity index (χ0n) is 13.9. The standard InChI is InChI=1S/C16H32N2O2/c1-6-11-17-16(5,15(19)20-7-2)12-18-13(3)9-8-10-14(18)4/h13-14,17H,6-12H2,1-5H3/t13-,14+,16?. The summed E-state index contributed by atoms with van der Waals surface area (Å²) in [5.41, 5.74) is -0.605. The van der Waals surface area contributed by atoms with E-state index in [1.54, 1.807) is 0 Å². The number of hydrogen-bond donors (Lipinski definition) is 1. The minimum Gasteiger partial charge on any atom is -0.465 e. The average molecular weight is 284 g/mol. The molecule has 3 atom stereocenters. The van der Waals surface area contributed by atoms with E-state index in [0.717, 1.165) is 19.5 Å². The van der Waals surface area contributed by atoms with Gasteiger partial charge in [0.2, 0.25) is 0 Å². The van der Waals surface area contributed by atoms with Crippen LogP contribution in [0.15, 0.2) is 0 Å². The van der Waals surface area contributed by atoms with Crippen molar-refractivity contribution in [2.75, 3.05) is 19.7 Å². The van der Waals surface area contributed by atoms with E-state index in [4.69, 9.17) is 4.74 Å². The molecule has 20 heavy (non-hydrogen) atoms. The molecule has 118 valence electrons. The molecule has 0 spiro atoms. The van der Waals surface area contributed by atoms with Crippen LogP contribution in [0.2, 0.25) is 0 Å². The van der Waals surface area contributed by atoms with Gasteiger partial charge in [-0.05, 0) is 53.5 Å². The molecule has 0 amide bonds. The number of nitrogens with zero attached hydrogens (tertiary/aromatic N) is 1. The Morgan fingerprint density at radius 3 is 2.40 bits per heavy atom. The highest BCUT2D eigenvalue weighted by atomic mass is 16.5. The molecule has 0 aromatic heterocycles. The van der Waals surface area contributed by atoms with E-state index in [-0.39, 0.29) is 5.97 Å². The van der Waals surface area contributed by atoms with E-state index >= 15 is 0 Å². The molecule has 1 unspecified atom stereocenters. The maximum absolute atomic E-state index is 12.3. The van der Waals surface area contributed by atoms with E-state index in [0.29, 0.717) is 18.7 Å². The minimum atomic E-state index is -0.605. The van der Waals surface area contributed by atoms with Gasteiger partial charge in [-0.25, -0.2) is 0 Å². The molecule has 0 aromatic carbocycles. The van der Waals surface area contributed by atoms with Crippen molar-refractivity contribution in [2.24, 2.45) is 0 Å². The number of rotatable bonds is 7. The van der Waals surface area contributed by atoms with E-state index in [1.165, 1.54) is 19.3 Å². The Morgan fingerprint density at radius 2 is 1.90 bits per heavy atom. The summed E-state index contributed by atoms with van der Waals surface area (Å²) in [6, 6.07) is 1.08. The lowest BCUT2D eigenvalue weighted by atomic mass is 9.93. The van der Waals surface area contributed by atoms with Crippen LogP contribution < -0.4 is 5.32 Å². The third-order valence-electron chi connectivity index (χ3n) is 4.37. The summed E-state index contributed by atoms with van der Waals surface area (Å²) in [5, 5.41) is 3.40. The summed E-state index contributed by atoms with van der Waals surface area (Å²) >= 11 is 0. The fourth-order valence-corrected chi connectivity index (χ4v) is 3.04. The largest absolute Gasteiger partial charge is 0.465 e. The lowest BCUT2D eigenvalue weighted by Crippen LogP contribution is -2.61. The maximum Gasteiger partial charge on any atom is 0.327 e. The molecule has 0 aromatic rings. The van der Waals surface area contributed by atoms with Gasteiger partial charge in [0.1, 0.15) is 5.54 Å². The molecule has 1 saturated heterocycles. The number of nitrogens with one attached hydrogen (secondary N) is 1. The second-order valence-corrected chi connectivity index (χ2v) is 6.28. The predicted octanol–water partition coefficient (Wildman–Crippen LogP) is 2.57. The van der Waals surface area contributed by atoms with Gasteiger partial charge in [-0.15, -0.1) is 0 Å². The Kier molecular flexibility index (Phi) is 6.96. The van der Waals surface area contributed by atoms with E-state index < -0.39 is 5.54 Å². The second kappa shape index (κ2) is 7.99.